The molecule has 1 amide bonds. The van der Waals surface area contributed by atoms with Gasteiger partial charge in [-0.1, -0.05) is 53.2 Å². The molecule has 25 heavy (non-hydrogen) atoms. The molecule has 1 saturated heterocycles. The van der Waals surface area contributed by atoms with Gasteiger partial charge in [-0.05, 0) is 29.8 Å². The fourth-order valence-corrected chi connectivity index (χ4v) is 3.11. The second-order valence-electron chi connectivity index (χ2n) is 5.08. The van der Waals surface area contributed by atoms with Crippen molar-refractivity contribution in [3.8, 4) is 5.75 Å². The van der Waals surface area contributed by atoms with E-state index in [4.69, 9.17) is 27.9 Å². The lowest BCUT2D eigenvalue weighted by Crippen LogP contribution is -2.19. The predicted octanol–water partition coefficient (Wildman–Crippen LogP) is 4.13. The first-order valence-electron chi connectivity index (χ1n) is 7.30. The Bertz CT molecular complexity index is 856. The highest BCUT2D eigenvalue weighted by Gasteiger charge is 2.15. The molecule has 5 nitrogen and oxygen atoms in total. The van der Waals surface area contributed by atoms with Crippen molar-refractivity contribution in [3.05, 3.63) is 63.6 Å². The van der Waals surface area contributed by atoms with Gasteiger partial charge in [-0.25, -0.2) is 0 Å². The van der Waals surface area contributed by atoms with Crippen LogP contribution in [0.25, 0.3) is 0 Å². The van der Waals surface area contributed by atoms with E-state index in [0.29, 0.717) is 33.3 Å². The van der Waals surface area contributed by atoms with Crippen LogP contribution in [0.1, 0.15) is 11.1 Å². The average molecular weight is 394 g/mol. The number of carbonyl (C=O) groups excluding carboxylic acids is 1. The van der Waals surface area contributed by atoms with Crippen molar-refractivity contribution in [1.29, 1.82) is 0 Å². The van der Waals surface area contributed by atoms with Gasteiger partial charge in [0.1, 0.15) is 12.4 Å². The number of halogens is 2. The van der Waals surface area contributed by atoms with E-state index in [2.05, 4.69) is 15.5 Å². The number of thioether (sulfide) groups is 1. The third-order valence-electron chi connectivity index (χ3n) is 3.21. The molecule has 0 saturated carbocycles. The van der Waals surface area contributed by atoms with Gasteiger partial charge in [0, 0.05) is 15.6 Å². The monoisotopic (exact) mass is 393 g/mol. The van der Waals surface area contributed by atoms with E-state index in [1.807, 2.05) is 30.3 Å². The number of carbonyl (C=O) groups is 1. The second-order valence-corrected chi connectivity index (χ2v) is 6.89. The van der Waals surface area contributed by atoms with Crippen molar-refractivity contribution in [2.75, 3.05) is 5.75 Å². The van der Waals surface area contributed by atoms with Gasteiger partial charge in [-0.3, -0.25) is 4.79 Å². The lowest BCUT2D eigenvalue weighted by molar-refractivity contribution is -0.116. The van der Waals surface area contributed by atoms with Crippen molar-refractivity contribution in [2.45, 2.75) is 6.61 Å². The molecule has 1 aliphatic heterocycles. The Morgan fingerprint density at radius 1 is 1.24 bits per heavy atom. The summed E-state index contributed by atoms with van der Waals surface area (Å²) in [5, 5.41) is 12.2. The Labute approximate surface area is 159 Å². The van der Waals surface area contributed by atoms with E-state index in [9.17, 15) is 4.79 Å². The number of nitrogens with one attached hydrogen (secondary N) is 1. The Morgan fingerprint density at radius 2 is 2.12 bits per heavy atom. The SMILES string of the molecule is O=C1CS/C(=N/N=C\c2cccc(OCc3ccc(Cl)cc3Cl)c2)N1. The minimum Gasteiger partial charge on any atom is -0.489 e. The number of benzene rings is 2. The maximum atomic E-state index is 11.1. The van der Waals surface area contributed by atoms with Crippen LogP contribution in [0.2, 0.25) is 10.0 Å². The van der Waals surface area contributed by atoms with Crippen molar-refractivity contribution < 1.29 is 9.53 Å². The standard InChI is InChI=1S/C17H13Cl2N3O2S/c18-13-5-4-12(15(19)7-13)9-24-14-3-1-2-11(6-14)8-20-22-17-21-16(23)10-25-17/h1-8H,9-10H2,(H,21,22,23)/b20-8-. The molecule has 1 heterocycles. The van der Waals surface area contributed by atoms with Crippen LogP contribution in [0.5, 0.6) is 5.75 Å². The van der Waals surface area contributed by atoms with Crippen LogP contribution in [0, 0.1) is 0 Å². The lowest BCUT2D eigenvalue weighted by Gasteiger charge is -2.08. The first-order valence-corrected chi connectivity index (χ1v) is 9.05. The van der Waals surface area contributed by atoms with Gasteiger partial charge in [0.2, 0.25) is 5.91 Å². The molecule has 3 rings (SSSR count). The minimum absolute atomic E-state index is 0.0600. The minimum atomic E-state index is -0.0600. The molecule has 0 radical (unpaired) electrons. The largest absolute Gasteiger partial charge is 0.489 e. The van der Waals surface area contributed by atoms with Gasteiger partial charge in [0.25, 0.3) is 0 Å². The maximum absolute atomic E-state index is 11.1. The molecule has 8 heteroatoms. The topological polar surface area (TPSA) is 63.0 Å². The van der Waals surface area contributed by atoms with E-state index < -0.39 is 0 Å². The molecule has 2 aromatic rings. The Balaban J connectivity index is 1.62. The number of ether oxygens (including phenoxy) is 1. The molecule has 1 fully saturated rings. The van der Waals surface area contributed by atoms with Crippen LogP contribution in [0.3, 0.4) is 0 Å². The molecule has 0 atom stereocenters. The summed E-state index contributed by atoms with van der Waals surface area (Å²) in [5.41, 5.74) is 1.68. The summed E-state index contributed by atoms with van der Waals surface area (Å²) in [6, 6.07) is 12.7. The second kappa shape index (κ2) is 8.38. The fourth-order valence-electron chi connectivity index (χ4n) is 2.01. The van der Waals surface area contributed by atoms with Crippen LogP contribution < -0.4 is 10.1 Å². The first-order chi connectivity index (χ1) is 12.1. The zero-order chi connectivity index (χ0) is 17.6. The summed E-state index contributed by atoms with van der Waals surface area (Å²) in [6.45, 7) is 0.335. The fraction of sp³-hybridized carbons (Fsp3) is 0.118. The van der Waals surface area contributed by atoms with Crippen LogP contribution in [-0.4, -0.2) is 23.0 Å². The molecule has 2 aromatic carbocycles. The lowest BCUT2D eigenvalue weighted by atomic mass is 10.2. The van der Waals surface area contributed by atoms with Crippen molar-refractivity contribution in [1.82, 2.24) is 5.32 Å². The highest BCUT2D eigenvalue weighted by Crippen LogP contribution is 2.23. The van der Waals surface area contributed by atoms with Gasteiger partial charge in [0.05, 0.1) is 12.0 Å². The quantitative estimate of drug-likeness (QED) is 0.613. The molecule has 1 N–H and O–H groups in total. The molecular weight excluding hydrogens is 381 g/mol. The van der Waals surface area contributed by atoms with Gasteiger partial charge in [-0.2, -0.15) is 5.10 Å². The van der Waals surface area contributed by atoms with Crippen LogP contribution in [0.15, 0.2) is 52.7 Å². The van der Waals surface area contributed by atoms with E-state index in [1.165, 1.54) is 11.8 Å². The zero-order valence-electron chi connectivity index (χ0n) is 12.9. The molecule has 0 spiro atoms. The third-order valence-corrected chi connectivity index (χ3v) is 4.66. The Kier molecular flexibility index (Phi) is 5.96. The normalized spacial score (nSPS) is 15.8. The summed E-state index contributed by atoms with van der Waals surface area (Å²) in [6.07, 6.45) is 1.60. The summed E-state index contributed by atoms with van der Waals surface area (Å²) in [4.78, 5) is 11.1. The van der Waals surface area contributed by atoms with Crippen molar-refractivity contribution in [2.24, 2.45) is 10.2 Å². The summed E-state index contributed by atoms with van der Waals surface area (Å²) in [5.74, 6) is 1.01. The summed E-state index contributed by atoms with van der Waals surface area (Å²) in [7, 11) is 0. The Morgan fingerprint density at radius 3 is 2.88 bits per heavy atom. The number of hydrogen-bond acceptors (Lipinski definition) is 5. The molecule has 128 valence electrons. The smallest absolute Gasteiger partial charge is 0.236 e. The highest BCUT2D eigenvalue weighted by molar-refractivity contribution is 8.15. The van der Waals surface area contributed by atoms with E-state index >= 15 is 0 Å². The first kappa shape index (κ1) is 17.8. The molecular formula is C17H13Cl2N3O2S. The number of amidine groups is 1. The Hall–Kier alpha value is -2.02. The molecule has 0 bridgehead atoms. The highest BCUT2D eigenvalue weighted by atomic mass is 35.5. The molecule has 0 aromatic heterocycles. The summed E-state index contributed by atoms with van der Waals surface area (Å²) < 4.78 is 5.76. The van der Waals surface area contributed by atoms with E-state index in [1.54, 1.807) is 18.3 Å². The van der Waals surface area contributed by atoms with Crippen LogP contribution >= 0.6 is 35.0 Å². The van der Waals surface area contributed by atoms with Gasteiger partial charge in [-0.15, -0.1) is 5.10 Å². The van der Waals surface area contributed by atoms with E-state index in [-0.39, 0.29) is 5.91 Å². The zero-order valence-corrected chi connectivity index (χ0v) is 15.2. The summed E-state index contributed by atoms with van der Waals surface area (Å²) >= 11 is 13.3. The van der Waals surface area contributed by atoms with E-state index in [0.717, 1.165) is 11.1 Å². The number of rotatable bonds is 5. The maximum Gasteiger partial charge on any atom is 0.236 e. The van der Waals surface area contributed by atoms with Crippen LogP contribution in [-0.2, 0) is 11.4 Å². The van der Waals surface area contributed by atoms with Gasteiger partial charge >= 0.3 is 0 Å². The van der Waals surface area contributed by atoms with Gasteiger partial charge < -0.3 is 10.1 Å². The molecule has 1 aliphatic rings. The number of amides is 1. The third kappa shape index (κ3) is 5.22. The molecule has 0 aliphatic carbocycles. The van der Waals surface area contributed by atoms with Crippen molar-refractivity contribution >= 4 is 52.3 Å². The average Bonchev–Trinajstić information content (AvgIpc) is 3.00. The number of hydrogen-bond donors (Lipinski definition) is 1. The van der Waals surface area contributed by atoms with Crippen LogP contribution in [0.4, 0.5) is 0 Å². The number of nitrogens with zero attached hydrogens (tertiary/aromatic N) is 2. The van der Waals surface area contributed by atoms with Gasteiger partial charge in [0.15, 0.2) is 5.17 Å². The van der Waals surface area contributed by atoms with Crippen molar-refractivity contribution in [3.63, 3.8) is 0 Å². The molecule has 0 unspecified atom stereocenters. The predicted molar refractivity (Wildman–Crippen MR) is 103 cm³/mol.